The lowest BCUT2D eigenvalue weighted by Gasteiger charge is -2.19. The first kappa shape index (κ1) is 6.45. The fraction of sp³-hybridized carbons (Fsp3) is 0.800. The zero-order valence-corrected chi connectivity index (χ0v) is 6.88. The van der Waals surface area contributed by atoms with E-state index in [4.69, 9.17) is 0 Å². The topological polar surface area (TPSA) is 0 Å². The SMILES string of the molecule is CC(C)C1C2C=CC1CC2. The van der Waals surface area contributed by atoms with Gasteiger partial charge in [0.2, 0.25) is 0 Å². The maximum atomic E-state index is 2.44. The maximum Gasteiger partial charge on any atom is -0.0197 e. The van der Waals surface area contributed by atoms with Crippen molar-refractivity contribution < 1.29 is 0 Å². The van der Waals surface area contributed by atoms with E-state index in [2.05, 4.69) is 26.0 Å². The third kappa shape index (κ3) is 0.744. The fourth-order valence-electron chi connectivity index (χ4n) is 2.81. The minimum atomic E-state index is 0.896. The first-order valence-electron chi connectivity index (χ1n) is 4.47. The van der Waals surface area contributed by atoms with E-state index < -0.39 is 0 Å². The molecule has 0 spiro atoms. The number of rotatable bonds is 1. The van der Waals surface area contributed by atoms with Gasteiger partial charge in [-0.05, 0) is 36.5 Å². The summed E-state index contributed by atoms with van der Waals surface area (Å²) < 4.78 is 0. The standard InChI is InChI=1S/C10H16/c1-7(2)10-8-3-4-9(10)6-5-8/h3-4,7-10H,5-6H2,1-2H3. The highest BCUT2D eigenvalue weighted by molar-refractivity contribution is 5.11. The molecule has 1 saturated carbocycles. The van der Waals surface area contributed by atoms with Crippen LogP contribution in [0.3, 0.4) is 0 Å². The molecule has 0 amide bonds. The first-order valence-corrected chi connectivity index (χ1v) is 4.47. The van der Waals surface area contributed by atoms with Gasteiger partial charge >= 0.3 is 0 Å². The van der Waals surface area contributed by atoms with Crippen LogP contribution in [0.5, 0.6) is 0 Å². The molecule has 56 valence electrons. The van der Waals surface area contributed by atoms with Crippen LogP contribution in [-0.2, 0) is 0 Å². The molecule has 10 heavy (non-hydrogen) atoms. The van der Waals surface area contributed by atoms with E-state index in [-0.39, 0.29) is 0 Å². The predicted molar refractivity (Wildman–Crippen MR) is 43.7 cm³/mol. The lowest BCUT2D eigenvalue weighted by molar-refractivity contribution is 0.315. The molecule has 0 heterocycles. The van der Waals surface area contributed by atoms with Crippen molar-refractivity contribution in [1.29, 1.82) is 0 Å². The Hall–Kier alpha value is -0.260. The second kappa shape index (κ2) is 2.11. The van der Waals surface area contributed by atoms with Gasteiger partial charge in [-0.3, -0.25) is 0 Å². The highest BCUT2D eigenvalue weighted by Crippen LogP contribution is 2.47. The molecule has 2 bridgehead atoms. The van der Waals surface area contributed by atoms with Crippen LogP contribution in [0.15, 0.2) is 12.2 Å². The molecule has 2 aliphatic carbocycles. The number of fused-ring (bicyclic) bond motifs is 2. The van der Waals surface area contributed by atoms with Crippen LogP contribution < -0.4 is 0 Å². The maximum absolute atomic E-state index is 2.44. The summed E-state index contributed by atoms with van der Waals surface area (Å²) in [6.07, 6.45) is 7.81. The van der Waals surface area contributed by atoms with Gasteiger partial charge in [-0.25, -0.2) is 0 Å². The molecule has 0 aromatic heterocycles. The van der Waals surface area contributed by atoms with Crippen molar-refractivity contribution in [3.05, 3.63) is 12.2 Å². The third-order valence-corrected chi connectivity index (χ3v) is 3.20. The summed E-state index contributed by atoms with van der Waals surface area (Å²) in [6.45, 7) is 4.73. The van der Waals surface area contributed by atoms with Crippen molar-refractivity contribution in [2.24, 2.45) is 23.7 Å². The molecule has 0 aromatic carbocycles. The molecule has 1 fully saturated rings. The molecule has 2 unspecified atom stereocenters. The van der Waals surface area contributed by atoms with Crippen LogP contribution in [-0.4, -0.2) is 0 Å². The van der Waals surface area contributed by atoms with E-state index in [0.29, 0.717) is 0 Å². The van der Waals surface area contributed by atoms with E-state index in [1.165, 1.54) is 12.8 Å². The second-order valence-corrected chi connectivity index (χ2v) is 4.11. The van der Waals surface area contributed by atoms with Gasteiger partial charge in [0.1, 0.15) is 0 Å². The van der Waals surface area contributed by atoms with E-state index in [9.17, 15) is 0 Å². The molecule has 0 aromatic rings. The highest BCUT2D eigenvalue weighted by Gasteiger charge is 2.38. The van der Waals surface area contributed by atoms with Crippen molar-refractivity contribution in [2.45, 2.75) is 26.7 Å². The Labute approximate surface area is 63.3 Å². The Morgan fingerprint density at radius 1 is 1.10 bits per heavy atom. The first-order chi connectivity index (χ1) is 4.79. The molecule has 0 nitrogen and oxygen atoms in total. The van der Waals surface area contributed by atoms with Gasteiger partial charge in [0.25, 0.3) is 0 Å². The molecule has 0 radical (unpaired) electrons. The normalized spacial score (nSPS) is 43.7. The summed E-state index contributed by atoms with van der Waals surface area (Å²) in [5.74, 6) is 3.79. The largest absolute Gasteiger partial charge is 0.0848 e. The third-order valence-electron chi connectivity index (χ3n) is 3.20. The van der Waals surface area contributed by atoms with Crippen molar-refractivity contribution >= 4 is 0 Å². The zero-order valence-electron chi connectivity index (χ0n) is 6.88. The molecule has 0 heteroatoms. The Kier molecular flexibility index (Phi) is 1.36. The minimum absolute atomic E-state index is 0.896. The van der Waals surface area contributed by atoms with Gasteiger partial charge in [0.05, 0.1) is 0 Å². The van der Waals surface area contributed by atoms with Crippen LogP contribution >= 0.6 is 0 Å². The van der Waals surface area contributed by atoms with E-state index in [0.717, 1.165) is 23.7 Å². The van der Waals surface area contributed by atoms with Gasteiger partial charge in [0.15, 0.2) is 0 Å². The molecule has 2 aliphatic rings. The average molecular weight is 136 g/mol. The van der Waals surface area contributed by atoms with Gasteiger partial charge in [-0.2, -0.15) is 0 Å². The Bertz CT molecular complexity index is 141. The van der Waals surface area contributed by atoms with Gasteiger partial charge in [-0.1, -0.05) is 26.0 Å². The number of allylic oxidation sites excluding steroid dienone is 2. The van der Waals surface area contributed by atoms with Gasteiger partial charge in [-0.15, -0.1) is 0 Å². The van der Waals surface area contributed by atoms with E-state index in [1.54, 1.807) is 0 Å². The molecule has 2 rings (SSSR count). The summed E-state index contributed by atoms with van der Waals surface area (Å²) in [5.41, 5.74) is 0. The molecular formula is C10H16. The Morgan fingerprint density at radius 2 is 1.60 bits per heavy atom. The smallest absolute Gasteiger partial charge is 0.0197 e. The summed E-state index contributed by atoms with van der Waals surface area (Å²) in [7, 11) is 0. The fourth-order valence-corrected chi connectivity index (χ4v) is 2.81. The second-order valence-electron chi connectivity index (χ2n) is 4.11. The van der Waals surface area contributed by atoms with Gasteiger partial charge in [0, 0.05) is 0 Å². The van der Waals surface area contributed by atoms with Crippen LogP contribution in [0.25, 0.3) is 0 Å². The van der Waals surface area contributed by atoms with Crippen molar-refractivity contribution in [2.75, 3.05) is 0 Å². The summed E-state index contributed by atoms with van der Waals surface area (Å²) >= 11 is 0. The monoisotopic (exact) mass is 136 g/mol. The van der Waals surface area contributed by atoms with Crippen LogP contribution in [0.1, 0.15) is 26.7 Å². The average Bonchev–Trinajstić information content (AvgIpc) is 2.43. The van der Waals surface area contributed by atoms with Crippen molar-refractivity contribution in [1.82, 2.24) is 0 Å². The van der Waals surface area contributed by atoms with Crippen LogP contribution in [0.4, 0.5) is 0 Å². The Balaban J connectivity index is 2.14. The van der Waals surface area contributed by atoms with Crippen molar-refractivity contribution in [3.63, 3.8) is 0 Å². The molecule has 0 aliphatic heterocycles. The molecule has 0 saturated heterocycles. The summed E-state index contributed by atoms with van der Waals surface area (Å²) in [5, 5.41) is 0. The molecule has 2 atom stereocenters. The van der Waals surface area contributed by atoms with Crippen LogP contribution in [0.2, 0.25) is 0 Å². The number of hydrogen-bond donors (Lipinski definition) is 0. The lowest BCUT2D eigenvalue weighted by Crippen LogP contribution is -2.13. The van der Waals surface area contributed by atoms with Crippen molar-refractivity contribution in [3.8, 4) is 0 Å². The molecular weight excluding hydrogens is 120 g/mol. The number of hydrogen-bond acceptors (Lipinski definition) is 0. The predicted octanol–water partition coefficient (Wildman–Crippen LogP) is 2.85. The van der Waals surface area contributed by atoms with E-state index >= 15 is 0 Å². The quantitative estimate of drug-likeness (QED) is 0.486. The summed E-state index contributed by atoms with van der Waals surface area (Å²) in [6, 6.07) is 0. The Morgan fingerprint density at radius 3 is 1.80 bits per heavy atom. The van der Waals surface area contributed by atoms with Gasteiger partial charge < -0.3 is 0 Å². The zero-order chi connectivity index (χ0) is 7.14. The minimum Gasteiger partial charge on any atom is -0.0848 e. The van der Waals surface area contributed by atoms with E-state index in [1.807, 2.05) is 0 Å². The lowest BCUT2D eigenvalue weighted by atomic mass is 9.86. The highest BCUT2D eigenvalue weighted by atomic mass is 14.4. The van der Waals surface area contributed by atoms with Crippen LogP contribution in [0, 0.1) is 23.7 Å². The summed E-state index contributed by atoms with van der Waals surface area (Å²) in [4.78, 5) is 0. The molecule has 0 N–H and O–H groups in total.